The molecular formula is C24H24ClN3O4. The summed E-state index contributed by atoms with van der Waals surface area (Å²) >= 11 is 6.21. The minimum atomic E-state index is -0.296. The number of hydrogen-bond donors (Lipinski definition) is 1. The monoisotopic (exact) mass is 453 g/mol. The number of hydrogen-bond acceptors (Lipinski definition) is 5. The maximum atomic E-state index is 12.9. The Morgan fingerprint density at radius 3 is 2.84 bits per heavy atom. The Kier molecular flexibility index (Phi) is 6.58. The molecule has 3 aromatic rings. The summed E-state index contributed by atoms with van der Waals surface area (Å²) < 4.78 is 10.5. The molecule has 1 aromatic carbocycles. The number of aromatic nitrogens is 1. The summed E-state index contributed by atoms with van der Waals surface area (Å²) in [5.41, 5.74) is 4.43. The Morgan fingerprint density at radius 1 is 1.25 bits per heavy atom. The molecule has 2 amide bonds. The van der Waals surface area contributed by atoms with Gasteiger partial charge in [0.2, 0.25) is 0 Å². The van der Waals surface area contributed by atoms with Gasteiger partial charge in [0.05, 0.1) is 10.6 Å². The average Bonchev–Trinajstić information content (AvgIpc) is 3.27. The van der Waals surface area contributed by atoms with Gasteiger partial charge in [-0.25, -0.2) is 0 Å². The van der Waals surface area contributed by atoms with Crippen molar-refractivity contribution in [3.05, 3.63) is 87.1 Å². The van der Waals surface area contributed by atoms with Crippen LogP contribution in [0, 0.1) is 6.92 Å². The Bertz CT molecular complexity index is 1160. The second kappa shape index (κ2) is 9.54. The topological polar surface area (TPSA) is 84.7 Å². The van der Waals surface area contributed by atoms with Crippen LogP contribution in [0.1, 0.15) is 49.1 Å². The SMILES string of the molecule is COCc1ccc(C(=O)NCc2c(C)ncc3c2CCN(C(=O)c2ccccc2Cl)C3)o1. The standard InChI is InChI=1S/C24H24ClN3O4/c1-15-20(12-27-23(29)22-8-7-17(32-22)14-31-2)18-9-10-28(13-16(18)11-26-15)24(30)19-5-3-4-6-21(19)25/h3-8,11H,9-10,12-14H2,1-2H3,(H,27,29). The summed E-state index contributed by atoms with van der Waals surface area (Å²) in [5.74, 6) is 0.442. The second-order valence-corrected chi connectivity index (χ2v) is 8.07. The predicted molar refractivity (Wildman–Crippen MR) is 119 cm³/mol. The van der Waals surface area contributed by atoms with E-state index < -0.39 is 0 Å². The molecule has 0 radical (unpaired) electrons. The number of ether oxygens (including phenoxy) is 1. The highest BCUT2D eigenvalue weighted by Gasteiger charge is 2.26. The number of halogens is 1. The highest BCUT2D eigenvalue weighted by molar-refractivity contribution is 6.33. The molecule has 0 spiro atoms. The molecular weight excluding hydrogens is 430 g/mol. The quantitative estimate of drug-likeness (QED) is 0.611. The Morgan fingerprint density at radius 2 is 2.06 bits per heavy atom. The molecule has 0 saturated heterocycles. The van der Waals surface area contributed by atoms with Crippen LogP contribution in [0.5, 0.6) is 0 Å². The maximum Gasteiger partial charge on any atom is 0.287 e. The molecule has 0 bridgehead atoms. The molecule has 1 N–H and O–H groups in total. The molecule has 1 aliphatic rings. The van der Waals surface area contributed by atoms with Crippen molar-refractivity contribution >= 4 is 23.4 Å². The van der Waals surface area contributed by atoms with Gasteiger partial charge < -0.3 is 19.4 Å². The van der Waals surface area contributed by atoms with Gasteiger partial charge >= 0.3 is 0 Å². The van der Waals surface area contributed by atoms with Crippen LogP contribution in [0.3, 0.4) is 0 Å². The molecule has 4 rings (SSSR count). The largest absolute Gasteiger partial charge is 0.453 e. The molecule has 1 aliphatic heterocycles. The van der Waals surface area contributed by atoms with Gasteiger partial charge in [0.25, 0.3) is 11.8 Å². The third-order valence-corrected chi connectivity index (χ3v) is 5.91. The molecule has 2 aromatic heterocycles. The first-order chi connectivity index (χ1) is 15.5. The van der Waals surface area contributed by atoms with Gasteiger partial charge in [-0.1, -0.05) is 23.7 Å². The van der Waals surface area contributed by atoms with Crippen molar-refractivity contribution in [1.82, 2.24) is 15.2 Å². The van der Waals surface area contributed by atoms with Gasteiger partial charge in [-0.15, -0.1) is 0 Å². The highest BCUT2D eigenvalue weighted by Crippen LogP contribution is 2.26. The van der Waals surface area contributed by atoms with Crippen molar-refractivity contribution in [3.8, 4) is 0 Å². The van der Waals surface area contributed by atoms with E-state index in [0.29, 0.717) is 49.0 Å². The number of rotatable bonds is 6. The van der Waals surface area contributed by atoms with Crippen LogP contribution in [0.2, 0.25) is 5.02 Å². The number of carbonyl (C=O) groups excluding carboxylic acids is 2. The van der Waals surface area contributed by atoms with E-state index in [2.05, 4.69) is 10.3 Å². The van der Waals surface area contributed by atoms with Crippen LogP contribution in [-0.4, -0.2) is 35.4 Å². The molecule has 3 heterocycles. The number of fused-ring (bicyclic) bond motifs is 1. The molecule has 7 nitrogen and oxygen atoms in total. The average molecular weight is 454 g/mol. The first-order valence-corrected chi connectivity index (χ1v) is 10.7. The summed E-state index contributed by atoms with van der Waals surface area (Å²) in [6.45, 7) is 3.59. The van der Waals surface area contributed by atoms with Crippen LogP contribution in [0.25, 0.3) is 0 Å². The lowest BCUT2D eigenvalue weighted by molar-refractivity contribution is 0.0734. The molecule has 0 atom stereocenters. The van der Waals surface area contributed by atoms with E-state index in [1.54, 1.807) is 48.4 Å². The third kappa shape index (κ3) is 4.54. The normalized spacial score (nSPS) is 13.0. The summed E-state index contributed by atoms with van der Waals surface area (Å²) in [7, 11) is 1.57. The van der Waals surface area contributed by atoms with Crippen molar-refractivity contribution < 1.29 is 18.7 Å². The Balaban J connectivity index is 1.48. The van der Waals surface area contributed by atoms with E-state index in [9.17, 15) is 9.59 Å². The Hall–Kier alpha value is -3.16. The van der Waals surface area contributed by atoms with Gasteiger partial charge in [0, 0.05) is 38.6 Å². The molecule has 32 heavy (non-hydrogen) atoms. The first kappa shape index (κ1) is 22.0. The summed E-state index contributed by atoms with van der Waals surface area (Å²) in [5, 5.41) is 3.36. The predicted octanol–water partition coefficient (Wildman–Crippen LogP) is 3.91. The smallest absolute Gasteiger partial charge is 0.287 e. The van der Waals surface area contributed by atoms with Gasteiger partial charge in [-0.2, -0.15) is 0 Å². The number of aryl methyl sites for hydroxylation is 1. The van der Waals surface area contributed by atoms with E-state index >= 15 is 0 Å². The first-order valence-electron chi connectivity index (χ1n) is 10.3. The van der Waals surface area contributed by atoms with Crippen LogP contribution >= 0.6 is 11.6 Å². The number of nitrogens with zero attached hydrogens (tertiary/aromatic N) is 2. The van der Waals surface area contributed by atoms with Gasteiger partial charge in [0.1, 0.15) is 12.4 Å². The number of methoxy groups -OCH3 is 1. The van der Waals surface area contributed by atoms with Crippen molar-refractivity contribution in [1.29, 1.82) is 0 Å². The van der Waals surface area contributed by atoms with Crippen molar-refractivity contribution in [2.24, 2.45) is 0 Å². The summed E-state index contributed by atoms with van der Waals surface area (Å²) in [6, 6.07) is 10.4. The van der Waals surface area contributed by atoms with Crippen LogP contribution in [0.15, 0.2) is 47.0 Å². The van der Waals surface area contributed by atoms with E-state index in [0.717, 1.165) is 22.4 Å². The molecule has 0 saturated carbocycles. The molecule has 0 fully saturated rings. The van der Waals surface area contributed by atoms with Crippen LogP contribution in [-0.2, 0) is 30.9 Å². The van der Waals surface area contributed by atoms with Crippen molar-refractivity contribution in [3.63, 3.8) is 0 Å². The minimum absolute atomic E-state index is 0.0960. The fourth-order valence-electron chi connectivity index (χ4n) is 3.91. The van der Waals surface area contributed by atoms with Gasteiger partial charge in [-0.3, -0.25) is 14.6 Å². The third-order valence-electron chi connectivity index (χ3n) is 5.58. The van der Waals surface area contributed by atoms with E-state index in [1.165, 1.54) is 0 Å². The van der Waals surface area contributed by atoms with Crippen LogP contribution < -0.4 is 5.32 Å². The summed E-state index contributed by atoms with van der Waals surface area (Å²) in [4.78, 5) is 31.7. The fourth-order valence-corrected chi connectivity index (χ4v) is 4.13. The second-order valence-electron chi connectivity index (χ2n) is 7.66. The number of carbonyl (C=O) groups is 2. The molecule has 166 valence electrons. The number of furan rings is 1. The fraction of sp³-hybridized carbons (Fsp3) is 0.292. The summed E-state index contributed by atoms with van der Waals surface area (Å²) in [6.07, 6.45) is 2.49. The molecule has 0 aliphatic carbocycles. The van der Waals surface area contributed by atoms with Crippen molar-refractivity contribution in [2.45, 2.75) is 33.0 Å². The zero-order valence-electron chi connectivity index (χ0n) is 18.0. The number of pyridine rings is 1. The lowest BCUT2D eigenvalue weighted by atomic mass is 9.94. The molecule has 0 unspecified atom stereocenters. The minimum Gasteiger partial charge on any atom is -0.453 e. The maximum absolute atomic E-state index is 12.9. The molecule has 8 heteroatoms. The van der Waals surface area contributed by atoms with E-state index in [1.807, 2.05) is 13.1 Å². The van der Waals surface area contributed by atoms with Gasteiger partial charge in [0.15, 0.2) is 5.76 Å². The van der Waals surface area contributed by atoms with Crippen molar-refractivity contribution in [2.75, 3.05) is 13.7 Å². The number of nitrogens with one attached hydrogen (secondary N) is 1. The lowest BCUT2D eigenvalue weighted by Gasteiger charge is -2.30. The van der Waals surface area contributed by atoms with Crippen LogP contribution in [0.4, 0.5) is 0 Å². The highest BCUT2D eigenvalue weighted by atomic mass is 35.5. The number of amides is 2. The number of benzene rings is 1. The van der Waals surface area contributed by atoms with E-state index in [-0.39, 0.29) is 17.6 Å². The van der Waals surface area contributed by atoms with E-state index in [4.69, 9.17) is 20.8 Å². The Labute approximate surface area is 191 Å². The zero-order chi connectivity index (χ0) is 22.7. The zero-order valence-corrected chi connectivity index (χ0v) is 18.7. The van der Waals surface area contributed by atoms with Gasteiger partial charge in [-0.05, 0) is 54.3 Å². The lowest BCUT2D eigenvalue weighted by Crippen LogP contribution is -2.37.